The van der Waals surface area contributed by atoms with Crippen LogP contribution in [0.1, 0.15) is 36.3 Å². The molecule has 0 bridgehead atoms. The van der Waals surface area contributed by atoms with Gasteiger partial charge in [-0.25, -0.2) is 4.39 Å². The van der Waals surface area contributed by atoms with Gasteiger partial charge in [0.25, 0.3) is 0 Å². The smallest absolute Gasteiger partial charge is 0.241 e. The highest BCUT2D eigenvalue weighted by Crippen LogP contribution is 2.21. The Morgan fingerprint density at radius 3 is 2.79 bits per heavy atom. The molecule has 1 amide bonds. The Morgan fingerprint density at radius 2 is 2.00 bits per heavy atom. The van der Waals surface area contributed by atoms with Crippen molar-refractivity contribution < 1.29 is 13.7 Å². The van der Waals surface area contributed by atoms with Gasteiger partial charge in [-0.05, 0) is 68.3 Å². The van der Waals surface area contributed by atoms with E-state index in [2.05, 4.69) is 51.5 Å². The Bertz CT molecular complexity index is 1060. The third-order valence-corrected chi connectivity index (χ3v) is 7.07. The van der Waals surface area contributed by atoms with E-state index in [1.165, 1.54) is 23.3 Å². The first-order valence-corrected chi connectivity index (χ1v) is 12.9. The number of rotatable bonds is 10. The van der Waals surface area contributed by atoms with E-state index in [0.29, 0.717) is 36.9 Å². The monoisotopic (exact) mass is 482 g/mol. The van der Waals surface area contributed by atoms with Gasteiger partial charge in [0.15, 0.2) is 0 Å². The number of carbonyl (C=O) groups excluding carboxylic acids is 1. The average molecular weight is 483 g/mol. The number of hydrogen-bond acceptors (Lipinski definition) is 6. The summed E-state index contributed by atoms with van der Waals surface area (Å²) in [4.78, 5) is 19.3. The maximum absolute atomic E-state index is 13.1. The number of aromatic nitrogens is 2. The van der Waals surface area contributed by atoms with Crippen molar-refractivity contribution >= 4 is 17.7 Å². The number of halogens is 1. The van der Waals surface area contributed by atoms with E-state index in [1.807, 2.05) is 11.8 Å². The molecule has 2 aromatic carbocycles. The number of amides is 1. The molecule has 0 radical (unpaired) electrons. The first kappa shape index (κ1) is 24.4. The quantitative estimate of drug-likeness (QED) is 0.417. The Labute approximate surface area is 204 Å². The lowest BCUT2D eigenvalue weighted by Gasteiger charge is -2.30. The van der Waals surface area contributed by atoms with Crippen LogP contribution in [0.25, 0.3) is 11.4 Å². The van der Waals surface area contributed by atoms with Gasteiger partial charge in [0.1, 0.15) is 5.82 Å². The van der Waals surface area contributed by atoms with Crippen LogP contribution in [-0.2, 0) is 17.1 Å². The summed E-state index contributed by atoms with van der Waals surface area (Å²) >= 11 is 1.90. The van der Waals surface area contributed by atoms with Gasteiger partial charge in [0.2, 0.25) is 17.6 Å². The molecule has 1 unspecified atom stereocenters. The van der Waals surface area contributed by atoms with Crippen LogP contribution in [0.5, 0.6) is 0 Å². The van der Waals surface area contributed by atoms with Crippen molar-refractivity contribution in [3.8, 4) is 11.4 Å². The predicted molar refractivity (Wildman–Crippen MR) is 133 cm³/mol. The van der Waals surface area contributed by atoms with E-state index in [1.54, 1.807) is 12.1 Å². The Balaban J connectivity index is 1.16. The minimum atomic E-state index is -0.300. The van der Waals surface area contributed by atoms with Gasteiger partial charge in [-0.2, -0.15) is 16.7 Å². The molecular formula is C26H31FN4O2S. The number of nitrogens with one attached hydrogen (secondary N) is 1. The summed E-state index contributed by atoms with van der Waals surface area (Å²) in [7, 11) is 0. The molecule has 34 heavy (non-hydrogen) atoms. The molecular weight excluding hydrogens is 451 g/mol. The van der Waals surface area contributed by atoms with Crippen LogP contribution in [0, 0.1) is 18.7 Å². The van der Waals surface area contributed by atoms with Crippen molar-refractivity contribution in [1.29, 1.82) is 0 Å². The van der Waals surface area contributed by atoms with E-state index in [-0.39, 0.29) is 17.6 Å². The SMILES string of the molecule is Cc1ccc(CSCCCNC(=O)C2CCCN(Cc3nc(-c4ccc(F)cc4)no3)C2)cc1. The van der Waals surface area contributed by atoms with Crippen LogP contribution in [0.2, 0.25) is 0 Å². The van der Waals surface area contributed by atoms with Crippen LogP contribution in [0.15, 0.2) is 53.1 Å². The number of likely N-dealkylation sites (tertiary alicyclic amines) is 1. The Kier molecular flexibility index (Phi) is 8.71. The summed E-state index contributed by atoms with van der Waals surface area (Å²) in [6.45, 7) is 4.90. The first-order chi connectivity index (χ1) is 16.6. The lowest BCUT2D eigenvalue weighted by atomic mass is 9.97. The fourth-order valence-corrected chi connectivity index (χ4v) is 4.97. The largest absolute Gasteiger partial charge is 0.356 e. The summed E-state index contributed by atoms with van der Waals surface area (Å²) in [6, 6.07) is 14.7. The van der Waals surface area contributed by atoms with Crippen molar-refractivity contribution in [2.24, 2.45) is 5.92 Å². The van der Waals surface area contributed by atoms with Gasteiger partial charge >= 0.3 is 0 Å². The van der Waals surface area contributed by atoms with Crippen LogP contribution in [0.3, 0.4) is 0 Å². The van der Waals surface area contributed by atoms with Crippen LogP contribution >= 0.6 is 11.8 Å². The van der Waals surface area contributed by atoms with Gasteiger partial charge in [0, 0.05) is 24.4 Å². The third-order valence-electron chi connectivity index (χ3n) is 5.96. The molecule has 4 rings (SSSR count). The van der Waals surface area contributed by atoms with Crippen LogP contribution < -0.4 is 5.32 Å². The van der Waals surface area contributed by atoms with E-state index < -0.39 is 0 Å². The normalized spacial score (nSPS) is 16.5. The van der Waals surface area contributed by atoms with E-state index >= 15 is 0 Å². The van der Waals surface area contributed by atoms with Gasteiger partial charge in [-0.3, -0.25) is 9.69 Å². The lowest BCUT2D eigenvalue weighted by Crippen LogP contribution is -2.43. The third kappa shape index (κ3) is 7.14. The fraction of sp³-hybridized carbons (Fsp3) is 0.423. The topological polar surface area (TPSA) is 71.3 Å². The minimum Gasteiger partial charge on any atom is -0.356 e. The number of piperidine rings is 1. The standard InChI is InChI=1S/C26H31FN4O2S/c1-19-5-7-20(8-6-19)18-34-15-3-13-28-26(32)22-4-2-14-31(16-22)17-24-29-25(30-33-24)21-9-11-23(27)12-10-21/h5-12,22H,2-4,13-18H2,1H3,(H,28,32). The molecule has 1 aliphatic heterocycles. The van der Waals surface area contributed by atoms with Crippen LogP contribution in [0.4, 0.5) is 4.39 Å². The number of benzene rings is 2. The zero-order valence-electron chi connectivity index (χ0n) is 19.5. The lowest BCUT2D eigenvalue weighted by molar-refractivity contribution is -0.126. The van der Waals surface area contributed by atoms with Gasteiger partial charge in [0.05, 0.1) is 12.5 Å². The summed E-state index contributed by atoms with van der Waals surface area (Å²) in [5.74, 6) is 2.79. The molecule has 1 aliphatic rings. The summed E-state index contributed by atoms with van der Waals surface area (Å²) in [5, 5.41) is 7.12. The molecule has 6 nitrogen and oxygen atoms in total. The number of thioether (sulfide) groups is 1. The predicted octanol–water partition coefficient (Wildman–Crippen LogP) is 4.84. The van der Waals surface area contributed by atoms with E-state index in [4.69, 9.17) is 4.52 Å². The average Bonchev–Trinajstić information content (AvgIpc) is 3.31. The maximum atomic E-state index is 13.1. The number of hydrogen-bond donors (Lipinski definition) is 1. The number of carbonyl (C=O) groups is 1. The summed E-state index contributed by atoms with van der Waals surface area (Å²) in [5.41, 5.74) is 3.34. The number of aryl methyl sites for hydroxylation is 1. The van der Waals surface area contributed by atoms with Crippen LogP contribution in [-0.4, -0.2) is 46.3 Å². The Hall–Kier alpha value is -2.71. The second kappa shape index (κ2) is 12.1. The zero-order valence-corrected chi connectivity index (χ0v) is 20.3. The van der Waals surface area contributed by atoms with Crippen molar-refractivity contribution in [3.05, 3.63) is 71.4 Å². The summed E-state index contributed by atoms with van der Waals surface area (Å²) < 4.78 is 18.5. The van der Waals surface area contributed by atoms with Gasteiger partial charge in [-0.15, -0.1) is 0 Å². The highest BCUT2D eigenvalue weighted by molar-refractivity contribution is 7.98. The first-order valence-electron chi connectivity index (χ1n) is 11.8. The molecule has 1 saturated heterocycles. The number of nitrogens with zero attached hydrogens (tertiary/aromatic N) is 3. The fourth-order valence-electron chi connectivity index (χ4n) is 4.04. The molecule has 8 heteroatoms. The second-order valence-corrected chi connectivity index (χ2v) is 9.88. The molecule has 0 aliphatic carbocycles. The van der Waals surface area contributed by atoms with Crippen molar-refractivity contribution in [3.63, 3.8) is 0 Å². The minimum absolute atomic E-state index is 0.0200. The molecule has 2 heterocycles. The van der Waals surface area contributed by atoms with Crippen molar-refractivity contribution in [1.82, 2.24) is 20.4 Å². The molecule has 0 spiro atoms. The molecule has 1 aromatic heterocycles. The molecule has 1 atom stereocenters. The van der Waals surface area contributed by atoms with Crippen molar-refractivity contribution in [2.75, 3.05) is 25.4 Å². The van der Waals surface area contributed by atoms with Crippen molar-refractivity contribution in [2.45, 2.75) is 38.5 Å². The molecule has 0 saturated carbocycles. The molecule has 3 aromatic rings. The summed E-state index contributed by atoms with van der Waals surface area (Å²) in [6.07, 6.45) is 2.82. The molecule has 180 valence electrons. The van der Waals surface area contributed by atoms with E-state index in [9.17, 15) is 9.18 Å². The highest BCUT2D eigenvalue weighted by atomic mass is 32.2. The van der Waals surface area contributed by atoms with Gasteiger partial charge in [-0.1, -0.05) is 35.0 Å². The van der Waals surface area contributed by atoms with Gasteiger partial charge < -0.3 is 9.84 Å². The maximum Gasteiger partial charge on any atom is 0.241 e. The second-order valence-electron chi connectivity index (χ2n) is 8.78. The molecule has 1 fully saturated rings. The Morgan fingerprint density at radius 1 is 1.21 bits per heavy atom. The zero-order chi connectivity index (χ0) is 23.8. The van der Waals surface area contributed by atoms with E-state index in [0.717, 1.165) is 37.3 Å². The highest BCUT2D eigenvalue weighted by Gasteiger charge is 2.26. The molecule has 1 N–H and O–H groups in total.